The van der Waals surface area contributed by atoms with E-state index >= 15 is 0 Å². The van der Waals surface area contributed by atoms with Gasteiger partial charge in [0.2, 0.25) is 0 Å². The van der Waals surface area contributed by atoms with E-state index in [9.17, 15) is 10.1 Å². The molecule has 0 aliphatic carbocycles. The van der Waals surface area contributed by atoms with Crippen LogP contribution in [0.5, 0.6) is 0 Å². The summed E-state index contributed by atoms with van der Waals surface area (Å²) in [6.07, 6.45) is 0. The fourth-order valence-electron chi connectivity index (χ4n) is 2.05. The highest BCUT2D eigenvalue weighted by molar-refractivity contribution is 6.00. The number of nitrogens with one attached hydrogen (secondary N) is 1. The lowest BCUT2D eigenvalue weighted by Gasteiger charge is -2.01. The van der Waals surface area contributed by atoms with Crippen LogP contribution < -0.4 is 5.43 Å². The van der Waals surface area contributed by atoms with Gasteiger partial charge in [-0.15, -0.1) is 0 Å². The molecule has 110 valence electrons. The number of hydrogen-bond donors (Lipinski definition) is 1. The van der Waals surface area contributed by atoms with E-state index in [1.807, 2.05) is 37.3 Å². The molecule has 0 saturated heterocycles. The third-order valence-electron chi connectivity index (χ3n) is 3.19. The molecule has 0 amide bonds. The van der Waals surface area contributed by atoms with Gasteiger partial charge >= 0.3 is 0 Å². The number of nitro groups is 1. The molecule has 0 fully saturated rings. The fourth-order valence-corrected chi connectivity index (χ4v) is 2.05. The molecule has 0 unspecified atom stereocenters. The lowest BCUT2D eigenvalue weighted by atomic mass is 10.2. The Morgan fingerprint density at radius 2 is 2.00 bits per heavy atom. The van der Waals surface area contributed by atoms with Crippen molar-refractivity contribution in [3.63, 3.8) is 0 Å². The van der Waals surface area contributed by atoms with Gasteiger partial charge in [0.15, 0.2) is 5.76 Å². The molecule has 2 aromatic carbocycles. The second-order valence-corrected chi connectivity index (χ2v) is 4.76. The number of nitro benzene ring substituents is 1. The van der Waals surface area contributed by atoms with E-state index in [0.29, 0.717) is 17.2 Å². The minimum Gasteiger partial charge on any atom is -0.455 e. The zero-order valence-electron chi connectivity index (χ0n) is 11.8. The molecule has 0 spiro atoms. The van der Waals surface area contributed by atoms with Crippen LogP contribution in [0.4, 0.5) is 11.4 Å². The number of para-hydroxylation sites is 1. The lowest BCUT2D eigenvalue weighted by Crippen LogP contribution is -1.98. The average molecular weight is 295 g/mol. The van der Waals surface area contributed by atoms with Gasteiger partial charge in [-0.25, -0.2) is 0 Å². The van der Waals surface area contributed by atoms with Crippen LogP contribution in [-0.2, 0) is 0 Å². The number of benzene rings is 2. The SMILES string of the molecule is CC(=NNc1cccc([N+](=O)[O-])c1)c1cc2ccccc2o1. The summed E-state index contributed by atoms with van der Waals surface area (Å²) >= 11 is 0. The van der Waals surface area contributed by atoms with Crippen LogP contribution in [-0.4, -0.2) is 10.6 Å². The first kappa shape index (κ1) is 13.8. The molecule has 3 aromatic rings. The summed E-state index contributed by atoms with van der Waals surface area (Å²) < 4.78 is 5.70. The zero-order valence-corrected chi connectivity index (χ0v) is 11.8. The number of nitrogens with zero attached hydrogens (tertiary/aromatic N) is 2. The molecule has 0 radical (unpaired) electrons. The predicted molar refractivity (Wildman–Crippen MR) is 85.1 cm³/mol. The Morgan fingerprint density at radius 3 is 2.77 bits per heavy atom. The van der Waals surface area contributed by atoms with Gasteiger partial charge in [0.1, 0.15) is 11.3 Å². The summed E-state index contributed by atoms with van der Waals surface area (Å²) in [6.45, 7) is 1.81. The first-order chi connectivity index (χ1) is 10.6. The Hall–Kier alpha value is -3.15. The summed E-state index contributed by atoms with van der Waals surface area (Å²) in [4.78, 5) is 10.3. The summed E-state index contributed by atoms with van der Waals surface area (Å²) in [7, 11) is 0. The number of anilines is 1. The van der Waals surface area contributed by atoms with Crippen LogP contribution in [0.25, 0.3) is 11.0 Å². The standard InChI is InChI=1S/C16H13N3O3/c1-11(16-9-12-5-2-3-8-15(12)22-16)17-18-13-6-4-7-14(10-13)19(20)21/h2-10,18H,1H3. The maximum Gasteiger partial charge on any atom is 0.271 e. The molecule has 3 rings (SSSR count). The van der Waals surface area contributed by atoms with E-state index in [4.69, 9.17) is 4.42 Å². The van der Waals surface area contributed by atoms with Crippen molar-refractivity contribution in [3.05, 3.63) is 70.5 Å². The predicted octanol–water partition coefficient (Wildman–Crippen LogP) is 4.18. The quantitative estimate of drug-likeness (QED) is 0.445. The molecule has 0 bridgehead atoms. The van der Waals surface area contributed by atoms with Crippen molar-refractivity contribution < 1.29 is 9.34 Å². The van der Waals surface area contributed by atoms with Crippen LogP contribution >= 0.6 is 0 Å². The summed E-state index contributed by atoms with van der Waals surface area (Å²) in [5.41, 5.74) is 4.82. The van der Waals surface area contributed by atoms with Gasteiger partial charge in [-0.05, 0) is 25.1 Å². The third kappa shape index (κ3) is 2.80. The van der Waals surface area contributed by atoms with Crippen molar-refractivity contribution in [2.45, 2.75) is 6.92 Å². The average Bonchev–Trinajstić information content (AvgIpc) is 2.97. The lowest BCUT2D eigenvalue weighted by molar-refractivity contribution is -0.384. The van der Waals surface area contributed by atoms with E-state index < -0.39 is 4.92 Å². The summed E-state index contributed by atoms with van der Waals surface area (Å²) in [5.74, 6) is 0.652. The Balaban J connectivity index is 1.82. The van der Waals surface area contributed by atoms with Crippen molar-refractivity contribution in [2.75, 3.05) is 5.43 Å². The van der Waals surface area contributed by atoms with Gasteiger partial charge in [-0.2, -0.15) is 5.10 Å². The van der Waals surface area contributed by atoms with Crippen LogP contribution in [0.3, 0.4) is 0 Å². The molecule has 0 atom stereocenters. The largest absolute Gasteiger partial charge is 0.455 e. The van der Waals surface area contributed by atoms with Gasteiger partial charge in [-0.1, -0.05) is 24.3 Å². The third-order valence-corrected chi connectivity index (χ3v) is 3.19. The van der Waals surface area contributed by atoms with Crippen molar-refractivity contribution in [1.29, 1.82) is 0 Å². The van der Waals surface area contributed by atoms with Crippen LogP contribution in [0.15, 0.2) is 64.1 Å². The molecular formula is C16H13N3O3. The van der Waals surface area contributed by atoms with E-state index in [0.717, 1.165) is 11.0 Å². The molecule has 22 heavy (non-hydrogen) atoms. The topological polar surface area (TPSA) is 80.7 Å². The molecule has 0 aliphatic heterocycles. The number of hydrazone groups is 1. The van der Waals surface area contributed by atoms with Gasteiger partial charge in [0.05, 0.1) is 10.6 Å². The Morgan fingerprint density at radius 1 is 1.18 bits per heavy atom. The number of furan rings is 1. The minimum atomic E-state index is -0.443. The highest BCUT2D eigenvalue weighted by Gasteiger charge is 2.07. The molecule has 6 heteroatoms. The molecule has 1 aromatic heterocycles. The molecule has 0 aliphatic rings. The van der Waals surface area contributed by atoms with Crippen LogP contribution in [0.2, 0.25) is 0 Å². The van der Waals surface area contributed by atoms with E-state index in [1.165, 1.54) is 12.1 Å². The normalized spacial score (nSPS) is 11.6. The number of hydrogen-bond acceptors (Lipinski definition) is 5. The smallest absolute Gasteiger partial charge is 0.271 e. The maximum absolute atomic E-state index is 10.7. The Labute approximate surface area is 126 Å². The van der Waals surface area contributed by atoms with Crippen molar-refractivity contribution >= 4 is 28.1 Å². The van der Waals surface area contributed by atoms with Gasteiger partial charge in [0.25, 0.3) is 5.69 Å². The Bertz CT molecular complexity index is 835. The first-order valence-corrected chi connectivity index (χ1v) is 6.67. The first-order valence-electron chi connectivity index (χ1n) is 6.67. The minimum absolute atomic E-state index is 0.0154. The van der Waals surface area contributed by atoms with E-state index in [1.54, 1.807) is 12.1 Å². The van der Waals surface area contributed by atoms with Crippen molar-refractivity contribution in [3.8, 4) is 0 Å². The van der Waals surface area contributed by atoms with Gasteiger partial charge < -0.3 is 4.42 Å². The highest BCUT2D eigenvalue weighted by Crippen LogP contribution is 2.20. The van der Waals surface area contributed by atoms with Crippen LogP contribution in [0, 0.1) is 10.1 Å². The molecular weight excluding hydrogens is 282 g/mol. The van der Waals surface area contributed by atoms with E-state index in [2.05, 4.69) is 10.5 Å². The van der Waals surface area contributed by atoms with Gasteiger partial charge in [-0.3, -0.25) is 15.5 Å². The second kappa shape index (κ2) is 5.69. The molecule has 1 N–H and O–H groups in total. The van der Waals surface area contributed by atoms with Crippen molar-refractivity contribution in [1.82, 2.24) is 0 Å². The summed E-state index contributed by atoms with van der Waals surface area (Å²) in [6, 6.07) is 15.8. The molecule has 1 heterocycles. The number of fused-ring (bicyclic) bond motifs is 1. The fraction of sp³-hybridized carbons (Fsp3) is 0.0625. The van der Waals surface area contributed by atoms with E-state index in [-0.39, 0.29) is 5.69 Å². The van der Waals surface area contributed by atoms with Crippen LogP contribution in [0.1, 0.15) is 12.7 Å². The summed E-state index contributed by atoms with van der Waals surface area (Å²) in [5, 5.41) is 16.0. The maximum atomic E-state index is 10.7. The molecule has 0 saturated carbocycles. The number of non-ortho nitro benzene ring substituents is 1. The Kier molecular flexibility index (Phi) is 3.57. The van der Waals surface area contributed by atoms with Gasteiger partial charge in [0, 0.05) is 17.5 Å². The number of rotatable bonds is 4. The monoisotopic (exact) mass is 295 g/mol. The van der Waals surface area contributed by atoms with Crippen molar-refractivity contribution in [2.24, 2.45) is 5.10 Å². The zero-order chi connectivity index (χ0) is 15.5. The highest BCUT2D eigenvalue weighted by atomic mass is 16.6. The molecule has 6 nitrogen and oxygen atoms in total. The second-order valence-electron chi connectivity index (χ2n) is 4.76.